The first kappa shape index (κ1) is 15.7. The second-order valence-corrected chi connectivity index (χ2v) is 7.36. The molecule has 1 aliphatic carbocycles. The van der Waals surface area contributed by atoms with E-state index in [-0.39, 0.29) is 27.6 Å². The molecule has 0 radical (unpaired) electrons. The standard InChI is InChI=1S/C12H16BrFN2O3S/c1-19-5-4-16(8-2-3-8)20(17,18)12-6-9(13)10(14)7-11(12)15/h6-8H,2-5,15H2,1H3. The lowest BCUT2D eigenvalue weighted by atomic mass is 10.3. The Bertz CT molecular complexity index is 605. The number of benzene rings is 1. The van der Waals surface area contributed by atoms with Gasteiger partial charge in [0.2, 0.25) is 10.0 Å². The van der Waals surface area contributed by atoms with Gasteiger partial charge in [0.1, 0.15) is 10.7 Å². The molecular weight excluding hydrogens is 351 g/mol. The number of rotatable bonds is 6. The highest BCUT2D eigenvalue weighted by atomic mass is 79.9. The van der Waals surface area contributed by atoms with Gasteiger partial charge >= 0.3 is 0 Å². The van der Waals surface area contributed by atoms with Gasteiger partial charge in [0, 0.05) is 19.7 Å². The Kier molecular flexibility index (Phi) is 4.68. The van der Waals surface area contributed by atoms with E-state index in [1.165, 1.54) is 17.5 Å². The maximum atomic E-state index is 13.4. The number of ether oxygens (including phenoxy) is 1. The Labute approximate surface area is 126 Å². The van der Waals surface area contributed by atoms with Crippen LogP contribution in [-0.2, 0) is 14.8 Å². The molecule has 1 saturated carbocycles. The fourth-order valence-corrected chi connectivity index (χ4v) is 4.23. The topological polar surface area (TPSA) is 72.6 Å². The molecule has 2 N–H and O–H groups in total. The van der Waals surface area contributed by atoms with Gasteiger partial charge in [-0.05, 0) is 40.9 Å². The molecule has 0 heterocycles. The number of halogens is 2. The number of nitrogens with zero attached hydrogens (tertiary/aromatic N) is 1. The smallest absolute Gasteiger partial charge is 0.245 e. The summed E-state index contributed by atoms with van der Waals surface area (Å²) in [6.07, 6.45) is 1.65. The van der Waals surface area contributed by atoms with E-state index in [1.54, 1.807) is 0 Å². The average Bonchev–Trinajstić information content (AvgIpc) is 3.18. The molecule has 112 valence electrons. The summed E-state index contributed by atoms with van der Waals surface area (Å²) in [4.78, 5) is -0.0752. The minimum Gasteiger partial charge on any atom is -0.398 e. The van der Waals surface area contributed by atoms with E-state index in [4.69, 9.17) is 10.5 Å². The van der Waals surface area contributed by atoms with Crippen molar-refractivity contribution in [3.63, 3.8) is 0 Å². The van der Waals surface area contributed by atoms with Crippen LogP contribution in [0.5, 0.6) is 0 Å². The molecular formula is C12H16BrFN2O3S. The van der Waals surface area contributed by atoms with Crippen LogP contribution in [0.4, 0.5) is 10.1 Å². The maximum Gasteiger partial charge on any atom is 0.245 e. The SMILES string of the molecule is COCCN(C1CC1)S(=O)(=O)c1cc(Br)c(F)cc1N. The lowest BCUT2D eigenvalue weighted by Gasteiger charge is -2.22. The zero-order chi connectivity index (χ0) is 14.9. The summed E-state index contributed by atoms with van der Waals surface area (Å²) in [6.45, 7) is 0.565. The molecule has 0 aliphatic heterocycles. The number of sulfonamides is 1. The highest BCUT2D eigenvalue weighted by Gasteiger charge is 2.38. The van der Waals surface area contributed by atoms with Crippen LogP contribution in [0.1, 0.15) is 12.8 Å². The van der Waals surface area contributed by atoms with Crippen LogP contribution in [0.25, 0.3) is 0 Å². The fraction of sp³-hybridized carbons (Fsp3) is 0.500. The average molecular weight is 367 g/mol. The molecule has 8 heteroatoms. The van der Waals surface area contributed by atoms with Crippen molar-refractivity contribution in [2.24, 2.45) is 0 Å². The van der Waals surface area contributed by atoms with Crippen LogP contribution in [0.2, 0.25) is 0 Å². The number of methoxy groups -OCH3 is 1. The Morgan fingerprint density at radius 3 is 2.70 bits per heavy atom. The van der Waals surface area contributed by atoms with Gasteiger partial charge in [-0.2, -0.15) is 4.31 Å². The van der Waals surface area contributed by atoms with Crippen LogP contribution in [0, 0.1) is 5.82 Å². The van der Waals surface area contributed by atoms with Gasteiger partial charge in [-0.15, -0.1) is 0 Å². The molecule has 1 fully saturated rings. The Morgan fingerprint density at radius 1 is 1.50 bits per heavy atom. The summed E-state index contributed by atoms with van der Waals surface area (Å²) in [7, 11) is -2.23. The first-order valence-corrected chi connectivity index (χ1v) is 8.36. The van der Waals surface area contributed by atoms with E-state index in [0.29, 0.717) is 6.61 Å². The summed E-state index contributed by atoms with van der Waals surface area (Å²) >= 11 is 2.99. The maximum absolute atomic E-state index is 13.4. The molecule has 0 bridgehead atoms. The minimum atomic E-state index is -3.75. The predicted octanol–water partition coefficient (Wildman–Crippen LogP) is 1.97. The van der Waals surface area contributed by atoms with Gasteiger partial charge in [-0.3, -0.25) is 0 Å². The second kappa shape index (κ2) is 5.97. The molecule has 0 saturated heterocycles. The van der Waals surface area contributed by atoms with Crippen LogP contribution in [-0.4, -0.2) is 39.0 Å². The van der Waals surface area contributed by atoms with Crippen molar-refractivity contribution >= 4 is 31.6 Å². The molecule has 1 aromatic rings. The van der Waals surface area contributed by atoms with Gasteiger partial charge in [0.15, 0.2) is 0 Å². The van der Waals surface area contributed by atoms with Gasteiger partial charge in [-0.25, -0.2) is 12.8 Å². The quantitative estimate of drug-likeness (QED) is 0.781. The van der Waals surface area contributed by atoms with Crippen LogP contribution < -0.4 is 5.73 Å². The lowest BCUT2D eigenvalue weighted by molar-refractivity contribution is 0.177. The highest BCUT2D eigenvalue weighted by Crippen LogP contribution is 2.35. The first-order valence-electron chi connectivity index (χ1n) is 6.13. The van der Waals surface area contributed by atoms with Crippen molar-refractivity contribution in [3.8, 4) is 0 Å². The molecule has 0 amide bonds. The van der Waals surface area contributed by atoms with Gasteiger partial charge in [0.25, 0.3) is 0 Å². The third-order valence-corrected chi connectivity index (χ3v) is 5.72. The summed E-state index contributed by atoms with van der Waals surface area (Å²) < 4.78 is 45.1. The molecule has 1 aromatic carbocycles. The van der Waals surface area contributed by atoms with Crippen LogP contribution in [0.3, 0.4) is 0 Å². The third-order valence-electron chi connectivity index (χ3n) is 3.11. The molecule has 0 aromatic heterocycles. The molecule has 2 rings (SSSR count). The number of hydrogen-bond acceptors (Lipinski definition) is 4. The van der Waals surface area contributed by atoms with Crippen LogP contribution in [0.15, 0.2) is 21.5 Å². The Balaban J connectivity index is 2.39. The predicted molar refractivity (Wildman–Crippen MR) is 77.3 cm³/mol. The number of nitrogens with two attached hydrogens (primary N) is 1. The molecule has 0 spiro atoms. The van der Waals surface area contributed by atoms with Gasteiger partial charge in [0.05, 0.1) is 16.8 Å². The summed E-state index contributed by atoms with van der Waals surface area (Å²) in [6, 6.07) is 2.21. The Morgan fingerprint density at radius 2 is 2.15 bits per heavy atom. The largest absolute Gasteiger partial charge is 0.398 e. The van der Waals surface area contributed by atoms with E-state index < -0.39 is 15.8 Å². The van der Waals surface area contributed by atoms with E-state index in [1.807, 2.05) is 0 Å². The fourth-order valence-electron chi connectivity index (χ4n) is 1.94. The van der Waals surface area contributed by atoms with Crippen molar-refractivity contribution in [1.29, 1.82) is 0 Å². The molecule has 0 unspecified atom stereocenters. The van der Waals surface area contributed by atoms with Gasteiger partial charge in [-0.1, -0.05) is 0 Å². The summed E-state index contributed by atoms with van der Waals surface area (Å²) in [5.41, 5.74) is 5.58. The third kappa shape index (κ3) is 3.13. The van der Waals surface area contributed by atoms with E-state index in [2.05, 4.69) is 15.9 Å². The molecule has 1 aliphatic rings. The number of anilines is 1. The molecule has 5 nitrogen and oxygen atoms in total. The second-order valence-electron chi connectivity index (χ2n) is 4.64. The Hall–Kier alpha value is -0.700. The zero-order valence-corrected chi connectivity index (χ0v) is 13.4. The van der Waals surface area contributed by atoms with Crippen molar-refractivity contribution in [2.45, 2.75) is 23.8 Å². The van der Waals surface area contributed by atoms with Crippen molar-refractivity contribution in [2.75, 3.05) is 26.0 Å². The summed E-state index contributed by atoms with van der Waals surface area (Å²) in [5, 5.41) is 0. The van der Waals surface area contributed by atoms with Crippen molar-refractivity contribution in [3.05, 3.63) is 22.4 Å². The highest BCUT2D eigenvalue weighted by molar-refractivity contribution is 9.10. The molecule has 0 atom stereocenters. The molecule has 20 heavy (non-hydrogen) atoms. The van der Waals surface area contributed by atoms with E-state index >= 15 is 0 Å². The normalized spacial score (nSPS) is 15.8. The van der Waals surface area contributed by atoms with E-state index in [9.17, 15) is 12.8 Å². The number of hydrogen-bond donors (Lipinski definition) is 1. The monoisotopic (exact) mass is 366 g/mol. The van der Waals surface area contributed by atoms with E-state index in [0.717, 1.165) is 18.9 Å². The van der Waals surface area contributed by atoms with Gasteiger partial charge < -0.3 is 10.5 Å². The lowest BCUT2D eigenvalue weighted by Crippen LogP contribution is -2.36. The first-order chi connectivity index (χ1) is 9.37. The zero-order valence-electron chi connectivity index (χ0n) is 11.0. The van der Waals surface area contributed by atoms with Crippen LogP contribution >= 0.6 is 15.9 Å². The number of nitrogen functional groups attached to an aromatic ring is 1. The van der Waals surface area contributed by atoms with Crippen molar-refractivity contribution in [1.82, 2.24) is 4.31 Å². The minimum absolute atomic E-state index is 0.0154. The summed E-state index contributed by atoms with van der Waals surface area (Å²) in [5.74, 6) is -0.587. The van der Waals surface area contributed by atoms with Crippen molar-refractivity contribution < 1.29 is 17.5 Å².